The maximum absolute atomic E-state index is 13.0. The Morgan fingerprint density at radius 3 is 2.46 bits per heavy atom. The van der Waals surface area contributed by atoms with Gasteiger partial charge >= 0.3 is 6.18 Å². The van der Waals surface area contributed by atoms with E-state index in [1.54, 1.807) is 0 Å². The molecule has 0 amide bonds. The van der Waals surface area contributed by atoms with E-state index in [0.717, 1.165) is 40.7 Å². The summed E-state index contributed by atoms with van der Waals surface area (Å²) in [5.74, 6) is -2.88. The first-order valence-corrected chi connectivity index (χ1v) is 8.65. The molecular weight excluding hydrogens is 339 g/mol. The standard InChI is InChI=1S/C21H18F3NO/c22-21(23,24)20(26)13-9-14(11-25)16-7-8-17-15-4-2-1-3-12(15)5-6-18(17)19(16)10-13/h1-4,7-9,13H,5-6,10-11,25H2. The van der Waals surface area contributed by atoms with Crippen LogP contribution in [0.25, 0.3) is 16.7 Å². The monoisotopic (exact) mass is 357 g/mol. The van der Waals surface area contributed by atoms with E-state index in [1.165, 1.54) is 11.6 Å². The molecule has 26 heavy (non-hydrogen) atoms. The van der Waals surface area contributed by atoms with E-state index in [2.05, 4.69) is 6.07 Å². The summed E-state index contributed by atoms with van der Waals surface area (Å²) in [7, 11) is 0. The Labute approximate surface area is 149 Å². The Morgan fingerprint density at radius 2 is 1.73 bits per heavy atom. The first-order chi connectivity index (χ1) is 12.4. The number of halogens is 3. The summed E-state index contributed by atoms with van der Waals surface area (Å²) in [6.45, 7) is 0.115. The van der Waals surface area contributed by atoms with Crippen LogP contribution in [0.1, 0.15) is 22.3 Å². The van der Waals surface area contributed by atoms with Crippen LogP contribution < -0.4 is 5.73 Å². The van der Waals surface area contributed by atoms with Gasteiger partial charge in [-0.15, -0.1) is 0 Å². The predicted octanol–water partition coefficient (Wildman–Crippen LogP) is 4.10. The maximum Gasteiger partial charge on any atom is 0.450 e. The molecule has 5 heteroatoms. The number of carbonyl (C=O) groups is 1. The SMILES string of the molecule is NCC1=CC(C(=O)C(F)(F)F)Cc2c1ccc1c2CCc2ccccc2-1. The highest BCUT2D eigenvalue weighted by atomic mass is 19.4. The third-order valence-corrected chi connectivity index (χ3v) is 5.39. The topological polar surface area (TPSA) is 43.1 Å². The molecule has 0 aliphatic heterocycles. The van der Waals surface area contributed by atoms with Crippen LogP contribution in [0.4, 0.5) is 13.2 Å². The molecule has 0 saturated heterocycles. The zero-order valence-electron chi connectivity index (χ0n) is 14.1. The normalized spacial score (nSPS) is 18.5. The van der Waals surface area contributed by atoms with E-state index in [0.29, 0.717) is 5.57 Å². The summed E-state index contributed by atoms with van der Waals surface area (Å²) in [4.78, 5) is 11.8. The fourth-order valence-electron chi connectivity index (χ4n) is 4.19. The highest BCUT2D eigenvalue weighted by molar-refractivity contribution is 5.92. The largest absolute Gasteiger partial charge is 0.450 e. The van der Waals surface area contributed by atoms with Crippen molar-refractivity contribution in [1.29, 1.82) is 0 Å². The summed E-state index contributed by atoms with van der Waals surface area (Å²) < 4.78 is 38.9. The smallest absolute Gasteiger partial charge is 0.326 e. The molecule has 0 heterocycles. The van der Waals surface area contributed by atoms with Gasteiger partial charge in [0.25, 0.3) is 0 Å². The lowest BCUT2D eigenvalue weighted by Crippen LogP contribution is -2.33. The quantitative estimate of drug-likeness (QED) is 0.879. The fourth-order valence-corrected chi connectivity index (χ4v) is 4.19. The van der Waals surface area contributed by atoms with Gasteiger partial charge in [0.15, 0.2) is 0 Å². The predicted molar refractivity (Wildman–Crippen MR) is 94.6 cm³/mol. The molecule has 2 aromatic carbocycles. The van der Waals surface area contributed by atoms with Gasteiger partial charge in [-0.3, -0.25) is 4.79 Å². The molecule has 2 nitrogen and oxygen atoms in total. The van der Waals surface area contributed by atoms with Crippen molar-refractivity contribution >= 4 is 11.4 Å². The van der Waals surface area contributed by atoms with Crippen LogP contribution >= 0.6 is 0 Å². The molecule has 4 rings (SSSR count). The van der Waals surface area contributed by atoms with Gasteiger partial charge in [-0.1, -0.05) is 42.5 Å². The van der Waals surface area contributed by atoms with Crippen molar-refractivity contribution in [2.45, 2.75) is 25.4 Å². The van der Waals surface area contributed by atoms with Crippen LogP contribution in [0.15, 0.2) is 42.5 Å². The second-order valence-corrected chi connectivity index (χ2v) is 6.84. The molecule has 2 N–H and O–H groups in total. The third kappa shape index (κ3) is 2.67. The van der Waals surface area contributed by atoms with Crippen LogP contribution in [-0.4, -0.2) is 18.5 Å². The number of carbonyl (C=O) groups excluding carboxylic acids is 1. The average molecular weight is 357 g/mol. The summed E-state index contributed by atoms with van der Waals surface area (Å²) in [5, 5.41) is 0. The highest BCUT2D eigenvalue weighted by Crippen LogP contribution is 2.41. The number of aryl methyl sites for hydroxylation is 1. The van der Waals surface area contributed by atoms with E-state index in [9.17, 15) is 18.0 Å². The molecular formula is C21H18F3NO. The molecule has 0 saturated carbocycles. The molecule has 1 atom stereocenters. The number of benzene rings is 2. The molecule has 2 aromatic rings. The van der Waals surface area contributed by atoms with Gasteiger partial charge in [0.1, 0.15) is 0 Å². The van der Waals surface area contributed by atoms with E-state index in [-0.39, 0.29) is 13.0 Å². The summed E-state index contributed by atoms with van der Waals surface area (Å²) in [5.41, 5.74) is 12.6. The van der Waals surface area contributed by atoms with Crippen molar-refractivity contribution in [2.75, 3.05) is 6.54 Å². The zero-order chi connectivity index (χ0) is 18.5. The third-order valence-electron chi connectivity index (χ3n) is 5.39. The minimum Gasteiger partial charge on any atom is -0.326 e. The Kier molecular flexibility index (Phi) is 3.99. The Morgan fingerprint density at radius 1 is 1.00 bits per heavy atom. The second-order valence-electron chi connectivity index (χ2n) is 6.84. The number of rotatable bonds is 2. The first kappa shape index (κ1) is 17.0. The summed E-state index contributed by atoms with van der Waals surface area (Å²) in [6.07, 6.45) is -1.73. The fraction of sp³-hybridized carbons (Fsp3) is 0.286. The molecule has 0 bridgehead atoms. The molecule has 2 aliphatic carbocycles. The number of hydrogen-bond donors (Lipinski definition) is 1. The van der Waals surface area contributed by atoms with Crippen LogP contribution in [-0.2, 0) is 24.1 Å². The molecule has 1 unspecified atom stereocenters. The minimum atomic E-state index is -4.83. The summed E-state index contributed by atoms with van der Waals surface area (Å²) >= 11 is 0. The van der Waals surface area contributed by atoms with Crippen LogP contribution in [0, 0.1) is 5.92 Å². The van der Waals surface area contributed by atoms with Crippen LogP contribution in [0.2, 0.25) is 0 Å². The van der Waals surface area contributed by atoms with Crippen molar-refractivity contribution in [1.82, 2.24) is 0 Å². The van der Waals surface area contributed by atoms with E-state index < -0.39 is 17.9 Å². The van der Waals surface area contributed by atoms with Gasteiger partial charge in [-0.25, -0.2) is 0 Å². The number of nitrogens with two attached hydrogens (primary N) is 1. The van der Waals surface area contributed by atoms with Crippen molar-refractivity contribution in [3.63, 3.8) is 0 Å². The van der Waals surface area contributed by atoms with Gasteiger partial charge in [-0.2, -0.15) is 13.2 Å². The lowest BCUT2D eigenvalue weighted by Gasteiger charge is -2.30. The molecule has 0 spiro atoms. The van der Waals surface area contributed by atoms with Gasteiger partial charge in [0.2, 0.25) is 5.78 Å². The van der Waals surface area contributed by atoms with Crippen molar-refractivity contribution in [3.05, 3.63) is 64.7 Å². The van der Waals surface area contributed by atoms with Crippen LogP contribution in [0.3, 0.4) is 0 Å². The van der Waals surface area contributed by atoms with Crippen molar-refractivity contribution in [2.24, 2.45) is 11.7 Å². The second kappa shape index (κ2) is 6.09. The maximum atomic E-state index is 13.0. The Bertz CT molecular complexity index is 927. The van der Waals surface area contributed by atoms with Gasteiger partial charge in [-0.05, 0) is 58.2 Å². The zero-order valence-corrected chi connectivity index (χ0v) is 14.1. The minimum absolute atomic E-state index is 0.0858. The molecule has 134 valence electrons. The number of fused-ring (bicyclic) bond motifs is 5. The Hall–Kier alpha value is -2.40. The van der Waals surface area contributed by atoms with Gasteiger partial charge in [0.05, 0.1) is 0 Å². The van der Waals surface area contributed by atoms with E-state index in [4.69, 9.17) is 5.73 Å². The molecule has 0 fully saturated rings. The molecule has 0 radical (unpaired) electrons. The van der Waals surface area contributed by atoms with E-state index in [1.807, 2.05) is 30.3 Å². The van der Waals surface area contributed by atoms with E-state index >= 15 is 0 Å². The number of Topliss-reactive ketones (excluding diaryl/α,β-unsaturated/α-hetero) is 1. The number of hydrogen-bond acceptors (Lipinski definition) is 2. The van der Waals surface area contributed by atoms with Crippen LogP contribution in [0.5, 0.6) is 0 Å². The van der Waals surface area contributed by atoms with Crippen molar-refractivity contribution in [3.8, 4) is 11.1 Å². The Balaban J connectivity index is 1.85. The van der Waals surface area contributed by atoms with Gasteiger partial charge in [0, 0.05) is 12.5 Å². The van der Waals surface area contributed by atoms with Gasteiger partial charge < -0.3 is 5.73 Å². The molecule has 0 aromatic heterocycles. The average Bonchev–Trinajstić information content (AvgIpc) is 2.65. The highest BCUT2D eigenvalue weighted by Gasteiger charge is 2.44. The number of allylic oxidation sites excluding steroid dienone is 1. The lowest BCUT2D eigenvalue weighted by molar-refractivity contribution is -0.174. The first-order valence-electron chi connectivity index (χ1n) is 8.65. The molecule has 2 aliphatic rings. The lowest BCUT2D eigenvalue weighted by atomic mass is 9.75. The van der Waals surface area contributed by atoms with Crippen molar-refractivity contribution < 1.29 is 18.0 Å². The summed E-state index contributed by atoms with van der Waals surface area (Å²) in [6, 6.07) is 12.1. The number of alkyl halides is 3. The number of ketones is 1.